The maximum Gasteiger partial charge on any atom is 0.277 e. The summed E-state index contributed by atoms with van der Waals surface area (Å²) in [6.45, 7) is 10.7. The van der Waals surface area contributed by atoms with Crippen LogP contribution in [0.3, 0.4) is 0 Å². The Morgan fingerprint density at radius 3 is 2.35 bits per heavy atom. The zero-order valence-electron chi connectivity index (χ0n) is 14.8. The van der Waals surface area contributed by atoms with Crippen LogP contribution in [-0.2, 0) is 12.1 Å². The van der Waals surface area contributed by atoms with Gasteiger partial charge in [0.05, 0.1) is 17.1 Å². The molecule has 1 unspecified atom stereocenters. The molecule has 2 aromatic rings. The summed E-state index contributed by atoms with van der Waals surface area (Å²) in [6.07, 6.45) is 0.859. The van der Waals surface area contributed by atoms with Crippen molar-refractivity contribution in [2.24, 2.45) is 5.73 Å². The fourth-order valence-corrected chi connectivity index (χ4v) is 2.99. The van der Waals surface area contributed by atoms with Gasteiger partial charge in [0.1, 0.15) is 5.82 Å². The molecule has 1 aromatic carbocycles. The molecule has 0 aliphatic heterocycles. The summed E-state index contributed by atoms with van der Waals surface area (Å²) in [5.41, 5.74) is 14.3. The predicted octanol–water partition coefficient (Wildman–Crippen LogP) is 3.08. The van der Waals surface area contributed by atoms with E-state index in [1.807, 2.05) is 35.9 Å². The lowest BCUT2D eigenvalue weighted by Gasteiger charge is -2.28. The molecule has 0 radical (unpaired) electrons. The van der Waals surface area contributed by atoms with Gasteiger partial charge in [0, 0.05) is 6.54 Å². The van der Waals surface area contributed by atoms with Gasteiger partial charge in [-0.25, -0.2) is 4.68 Å². The lowest BCUT2D eigenvalue weighted by molar-refractivity contribution is 0.265. The van der Waals surface area contributed by atoms with Crippen LogP contribution in [0.5, 0.6) is 0 Å². The normalized spacial score (nSPS) is 13.3. The van der Waals surface area contributed by atoms with E-state index in [0.717, 1.165) is 17.5 Å². The molecule has 1 aromatic heterocycles. The first-order valence-corrected chi connectivity index (χ1v) is 8.15. The average Bonchev–Trinajstić information content (AvgIpc) is 2.77. The van der Waals surface area contributed by atoms with E-state index >= 15 is 0 Å². The number of anilines is 1. The van der Waals surface area contributed by atoms with Crippen LogP contribution in [-0.4, -0.2) is 9.36 Å². The summed E-state index contributed by atoms with van der Waals surface area (Å²) in [5, 5.41) is 0. The molecule has 0 aliphatic carbocycles. The quantitative estimate of drug-likeness (QED) is 0.909. The Balaban J connectivity index is 2.87. The fraction of sp³-hybridized carbons (Fsp3) is 0.500. The third-order valence-electron chi connectivity index (χ3n) is 4.27. The second-order valence-electron chi connectivity index (χ2n) is 7.01. The third-order valence-corrected chi connectivity index (χ3v) is 4.27. The standard InChI is InChI=1S/C18H28N4O/c1-6-12(2)21-17(23)15(16(20)22(21)18(3,4)5)14-10-8-7-9-13(14)11-19/h7-10,12H,6,11,19-20H2,1-5H3. The molecule has 0 fully saturated rings. The van der Waals surface area contributed by atoms with E-state index in [1.165, 1.54) is 0 Å². The maximum atomic E-state index is 13.1. The molecular formula is C18H28N4O. The van der Waals surface area contributed by atoms with Gasteiger partial charge in [-0.05, 0) is 45.2 Å². The summed E-state index contributed by atoms with van der Waals surface area (Å²) in [4.78, 5) is 13.1. The average molecular weight is 316 g/mol. The number of hydrogen-bond donors (Lipinski definition) is 2. The number of benzene rings is 1. The molecule has 0 bridgehead atoms. The molecule has 0 spiro atoms. The topological polar surface area (TPSA) is 79.0 Å². The smallest absolute Gasteiger partial charge is 0.277 e. The van der Waals surface area contributed by atoms with Crippen molar-refractivity contribution in [1.29, 1.82) is 0 Å². The molecule has 0 saturated heterocycles. The lowest BCUT2D eigenvalue weighted by Crippen LogP contribution is -2.35. The molecule has 4 N–H and O–H groups in total. The second-order valence-corrected chi connectivity index (χ2v) is 7.01. The van der Waals surface area contributed by atoms with Gasteiger partial charge < -0.3 is 11.5 Å². The van der Waals surface area contributed by atoms with E-state index in [1.54, 1.807) is 4.68 Å². The second kappa shape index (κ2) is 6.24. The van der Waals surface area contributed by atoms with Crippen LogP contribution < -0.4 is 17.0 Å². The van der Waals surface area contributed by atoms with E-state index < -0.39 is 0 Å². The summed E-state index contributed by atoms with van der Waals surface area (Å²) in [6, 6.07) is 7.77. The van der Waals surface area contributed by atoms with Crippen LogP contribution in [0.2, 0.25) is 0 Å². The number of aromatic nitrogens is 2. The van der Waals surface area contributed by atoms with Crippen molar-refractivity contribution in [3.8, 4) is 11.1 Å². The maximum absolute atomic E-state index is 13.1. The van der Waals surface area contributed by atoms with Crippen molar-refractivity contribution >= 4 is 5.82 Å². The molecule has 126 valence electrons. The van der Waals surface area contributed by atoms with E-state index in [4.69, 9.17) is 11.5 Å². The van der Waals surface area contributed by atoms with Crippen molar-refractivity contribution in [2.75, 3.05) is 5.73 Å². The molecule has 1 heterocycles. The van der Waals surface area contributed by atoms with Gasteiger partial charge in [0.25, 0.3) is 5.56 Å². The van der Waals surface area contributed by atoms with Gasteiger partial charge in [-0.2, -0.15) is 0 Å². The predicted molar refractivity (Wildman–Crippen MR) is 96.4 cm³/mol. The zero-order chi connectivity index (χ0) is 17.4. The van der Waals surface area contributed by atoms with Crippen LogP contribution in [0.1, 0.15) is 52.6 Å². The SMILES string of the molecule is CCC(C)n1c(=O)c(-c2ccccc2CN)c(N)n1C(C)(C)C. The molecular weight excluding hydrogens is 288 g/mol. The largest absolute Gasteiger partial charge is 0.383 e. The van der Waals surface area contributed by atoms with Gasteiger partial charge in [-0.15, -0.1) is 0 Å². The number of nitrogens with zero attached hydrogens (tertiary/aromatic N) is 2. The highest BCUT2D eigenvalue weighted by Crippen LogP contribution is 2.31. The Kier molecular flexibility index (Phi) is 4.71. The molecule has 2 rings (SSSR count). The lowest BCUT2D eigenvalue weighted by atomic mass is 10.0. The van der Waals surface area contributed by atoms with Crippen LogP contribution in [0.25, 0.3) is 11.1 Å². The summed E-state index contributed by atoms with van der Waals surface area (Å²) < 4.78 is 3.71. The van der Waals surface area contributed by atoms with Crippen LogP contribution in [0.15, 0.2) is 29.1 Å². The monoisotopic (exact) mass is 316 g/mol. The van der Waals surface area contributed by atoms with Gasteiger partial charge in [0.2, 0.25) is 0 Å². The van der Waals surface area contributed by atoms with E-state index in [0.29, 0.717) is 17.9 Å². The van der Waals surface area contributed by atoms with Crippen molar-refractivity contribution in [3.05, 3.63) is 40.2 Å². The van der Waals surface area contributed by atoms with E-state index in [-0.39, 0.29) is 17.1 Å². The van der Waals surface area contributed by atoms with Gasteiger partial charge in [-0.1, -0.05) is 31.2 Å². The zero-order valence-corrected chi connectivity index (χ0v) is 14.8. The minimum absolute atomic E-state index is 0.0484. The van der Waals surface area contributed by atoms with Crippen LogP contribution >= 0.6 is 0 Å². The van der Waals surface area contributed by atoms with Gasteiger partial charge >= 0.3 is 0 Å². The van der Waals surface area contributed by atoms with Crippen LogP contribution in [0.4, 0.5) is 5.82 Å². The third kappa shape index (κ3) is 2.93. The number of rotatable bonds is 4. The fourth-order valence-electron chi connectivity index (χ4n) is 2.99. The minimum atomic E-state index is -0.289. The molecule has 5 nitrogen and oxygen atoms in total. The van der Waals surface area contributed by atoms with E-state index in [9.17, 15) is 4.79 Å². The highest BCUT2D eigenvalue weighted by atomic mass is 16.1. The molecule has 0 amide bonds. The van der Waals surface area contributed by atoms with Gasteiger partial charge in [-0.3, -0.25) is 9.48 Å². The highest BCUT2D eigenvalue weighted by Gasteiger charge is 2.28. The molecule has 0 aliphatic rings. The number of nitrogens with two attached hydrogens (primary N) is 2. The Hall–Kier alpha value is -2.01. The number of hydrogen-bond acceptors (Lipinski definition) is 3. The van der Waals surface area contributed by atoms with Crippen molar-refractivity contribution in [3.63, 3.8) is 0 Å². The number of nitrogen functional groups attached to an aromatic ring is 1. The summed E-state index contributed by atoms with van der Waals surface area (Å²) in [7, 11) is 0. The Morgan fingerprint density at radius 1 is 1.22 bits per heavy atom. The van der Waals surface area contributed by atoms with Crippen molar-refractivity contribution in [1.82, 2.24) is 9.36 Å². The van der Waals surface area contributed by atoms with Crippen molar-refractivity contribution in [2.45, 2.75) is 59.2 Å². The van der Waals surface area contributed by atoms with Gasteiger partial charge in [0.15, 0.2) is 0 Å². The van der Waals surface area contributed by atoms with Crippen LogP contribution in [0, 0.1) is 0 Å². The first kappa shape index (κ1) is 17.3. The molecule has 23 heavy (non-hydrogen) atoms. The molecule has 1 atom stereocenters. The summed E-state index contributed by atoms with van der Waals surface area (Å²) in [5.74, 6) is 0.503. The first-order chi connectivity index (χ1) is 10.7. The van der Waals surface area contributed by atoms with Crippen molar-refractivity contribution < 1.29 is 0 Å². The minimum Gasteiger partial charge on any atom is -0.383 e. The Labute approximate surface area is 137 Å². The Bertz CT molecular complexity index is 749. The molecule has 5 heteroatoms. The highest BCUT2D eigenvalue weighted by molar-refractivity contribution is 5.76. The first-order valence-electron chi connectivity index (χ1n) is 8.15. The van der Waals surface area contributed by atoms with E-state index in [2.05, 4.69) is 27.7 Å². The molecule has 0 saturated carbocycles. The summed E-state index contributed by atoms with van der Waals surface area (Å²) >= 11 is 0. The Morgan fingerprint density at radius 2 is 1.83 bits per heavy atom.